The second-order valence-corrected chi connectivity index (χ2v) is 2.51. The third-order valence-electron chi connectivity index (χ3n) is 2.04. The summed E-state index contributed by atoms with van der Waals surface area (Å²) < 4.78 is 0. The molecule has 0 spiro atoms. The molecule has 40 valence electrons. The predicted molar refractivity (Wildman–Crippen MR) is 32.1 cm³/mol. The topological polar surface area (TPSA) is 20.2 Å². The van der Waals surface area contributed by atoms with Crippen molar-refractivity contribution in [3.8, 4) is 0 Å². The molecule has 0 heterocycles. The molecule has 0 aromatic heterocycles. The van der Waals surface area contributed by atoms with Gasteiger partial charge in [0.25, 0.3) is 0 Å². The number of hydrogen-bond acceptors (Lipinski definition) is 1. The van der Waals surface area contributed by atoms with Crippen LogP contribution in [0.25, 0.3) is 0 Å². The molecule has 1 rings (SSSR count). The summed E-state index contributed by atoms with van der Waals surface area (Å²) in [6, 6.07) is 0. The summed E-state index contributed by atoms with van der Waals surface area (Å²) in [5, 5.41) is 8.66. The maximum Gasteiger partial charge on any atom is 0.102 e. The molecule has 2 heteroatoms. The van der Waals surface area contributed by atoms with Crippen LogP contribution in [0.5, 0.6) is 0 Å². The molecule has 0 saturated heterocycles. The van der Waals surface area contributed by atoms with Crippen LogP contribution >= 0.6 is 0 Å². The normalized spacial score (nSPS) is 24.7. The molecule has 1 N–H and O–H groups in total. The lowest BCUT2D eigenvalue weighted by Gasteiger charge is -2.03. The van der Waals surface area contributed by atoms with Gasteiger partial charge in [-0.05, 0) is 18.3 Å². The van der Waals surface area contributed by atoms with Gasteiger partial charge in [0.05, 0.1) is 0 Å². The van der Waals surface area contributed by atoms with Crippen LogP contribution in [0.2, 0.25) is 6.32 Å². The molecule has 1 aliphatic carbocycles. The fourth-order valence-electron chi connectivity index (χ4n) is 0.800. The molecule has 0 amide bonds. The highest BCUT2D eigenvalue weighted by atomic mass is 16.3. The Hall–Kier alpha value is 0.0249. The third kappa shape index (κ3) is 0.803. The van der Waals surface area contributed by atoms with Crippen molar-refractivity contribution < 1.29 is 5.11 Å². The molecule has 0 bridgehead atoms. The summed E-state index contributed by atoms with van der Waals surface area (Å²) in [6.07, 6.45) is 3.66. The van der Waals surface area contributed by atoms with Gasteiger partial charge in [-0.1, -0.05) is 6.32 Å². The first-order chi connectivity index (χ1) is 3.33. The van der Waals surface area contributed by atoms with Crippen LogP contribution in [0.1, 0.15) is 12.8 Å². The summed E-state index contributed by atoms with van der Waals surface area (Å²) >= 11 is 0. The zero-order chi connectivity index (χ0) is 5.33. The highest BCUT2D eigenvalue weighted by Crippen LogP contribution is 2.47. The van der Waals surface area contributed by atoms with E-state index in [-0.39, 0.29) is 0 Å². The van der Waals surface area contributed by atoms with Crippen molar-refractivity contribution in [2.75, 3.05) is 6.61 Å². The summed E-state index contributed by atoms with van der Waals surface area (Å²) in [5.41, 5.74) is 0.389. The molecule has 0 aromatic rings. The maximum absolute atomic E-state index is 8.66. The van der Waals surface area contributed by atoms with E-state index in [9.17, 15) is 0 Å². The van der Waals surface area contributed by atoms with Gasteiger partial charge >= 0.3 is 0 Å². The number of aliphatic hydroxyl groups excluding tert-OH is 1. The largest absolute Gasteiger partial charge is 0.396 e. The molecule has 0 aromatic carbocycles. The molecule has 0 atom stereocenters. The Labute approximate surface area is 45.1 Å². The standard InChI is InChI=1S/C5H11BO/c6-3-5(4-7)1-2-5/h7H,1-4,6H2. The van der Waals surface area contributed by atoms with E-state index in [1.807, 2.05) is 0 Å². The van der Waals surface area contributed by atoms with E-state index in [0.717, 1.165) is 6.32 Å². The minimum absolute atomic E-state index is 0.389. The SMILES string of the molecule is BCC1(CO)CC1. The molecule has 0 radical (unpaired) electrons. The van der Waals surface area contributed by atoms with E-state index < -0.39 is 0 Å². The fraction of sp³-hybridized carbons (Fsp3) is 1.00. The first kappa shape index (κ1) is 5.17. The van der Waals surface area contributed by atoms with Gasteiger partial charge in [-0.25, -0.2) is 0 Å². The number of aliphatic hydroxyl groups is 1. The lowest BCUT2D eigenvalue weighted by atomic mass is 9.89. The zero-order valence-electron chi connectivity index (χ0n) is 4.78. The fourth-order valence-corrected chi connectivity index (χ4v) is 0.800. The Kier molecular flexibility index (Phi) is 1.12. The Morgan fingerprint density at radius 3 is 2.14 bits per heavy atom. The van der Waals surface area contributed by atoms with E-state index in [4.69, 9.17) is 5.11 Å². The predicted octanol–water partition coefficient (Wildman–Crippen LogP) is -0.190. The van der Waals surface area contributed by atoms with E-state index in [1.54, 1.807) is 0 Å². The van der Waals surface area contributed by atoms with Crippen LogP contribution in [0.15, 0.2) is 0 Å². The molecule has 1 saturated carbocycles. The summed E-state index contributed by atoms with van der Waals surface area (Å²) in [4.78, 5) is 0. The second-order valence-electron chi connectivity index (χ2n) is 2.51. The summed E-state index contributed by atoms with van der Waals surface area (Å²) in [7, 11) is 2.14. The highest BCUT2D eigenvalue weighted by Gasteiger charge is 2.39. The molecule has 0 aliphatic heterocycles. The average Bonchev–Trinajstić information content (AvgIpc) is 2.46. The lowest BCUT2D eigenvalue weighted by molar-refractivity contribution is 0.225. The molecule has 0 unspecified atom stereocenters. The van der Waals surface area contributed by atoms with Crippen LogP contribution in [0, 0.1) is 5.41 Å². The smallest absolute Gasteiger partial charge is 0.102 e. The van der Waals surface area contributed by atoms with Gasteiger partial charge in [-0.15, -0.1) is 0 Å². The Morgan fingerprint density at radius 1 is 1.57 bits per heavy atom. The van der Waals surface area contributed by atoms with Gasteiger partial charge < -0.3 is 5.11 Å². The first-order valence-corrected chi connectivity index (χ1v) is 2.94. The Morgan fingerprint density at radius 2 is 2.14 bits per heavy atom. The lowest BCUT2D eigenvalue weighted by Crippen LogP contribution is -2.03. The number of hydrogen-bond donors (Lipinski definition) is 1. The summed E-state index contributed by atoms with van der Waals surface area (Å²) in [6.45, 7) is 0.406. The van der Waals surface area contributed by atoms with Gasteiger partial charge in [0, 0.05) is 6.61 Å². The van der Waals surface area contributed by atoms with E-state index in [2.05, 4.69) is 7.85 Å². The molecule has 7 heavy (non-hydrogen) atoms. The van der Waals surface area contributed by atoms with E-state index in [0.29, 0.717) is 12.0 Å². The molecule has 1 aliphatic rings. The quantitative estimate of drug-likeness (QED) is 0.474. The van der Waals surface area contributed by atoms with Crippen molar-refractivity contribution in [3.05, 3.63) is 0 Å². The number of rotatable bonds is 2. The van der Waals surface area contributed by atoms with Gasteiger partial charge in [0.2, 0.25) is 0 Å². The van der Waals surface area contributed by atoms with E-state index >= 15 is 0 Å². The highest BCUT2D eigenvalue weighted by molar-refractivity contribution is 6.09. The average molecular weight is 98.0 g/mol. The van der Waals surface area contributed by atoms with Crippen LogP contribution in [0.3, 0.4) is 0 Å². The van der Waals surface area contributed by atoms with Crippen LogP contribution < -0.4 is 0 Å². The van der Waals surface area contributed by atoms with Gasteiger partial charge in [-0.2, -0.15) is 0 Å². The molecular weight excluding hydrogens is 86.9 g/mol. The van der Waals surface area contributed by atoms with Crippen LogP contribution in [-0.2, 0) is 0 Å². The molecule has 1 nitrogen and oxygen atoms in total. The first-order valence-electron chi connectivity index (χ1n) is 2.94. The van der Waals surface area contributed by atoms with Crippen molar-refractivity contribution in [2.24, 2.45) is 5.41 Å². The van der Waals surface area contributed by atoms with Gasteiger partial charge in [0.1, 0.15) is 7.85 Å². The Balaban J connectivity index is 2.28. The van der Waals surface area contributed by atoms with Crippen LogP contribution in [-0.4, -0.2) is 19.6 Å². The minimum atomic E-state index is 0.389. The van der Waals surface area contributed by atoms with Gasteiger partial charge in [0.15, 0.2) is 0 Å². The van der Waals surface area contributed by atoms with Crippen LogP contribution in [0.4, 0.5) is 0 Å². The minimum Gasteiger partial charge on any atom is -0.396 e. The van der Waals surface area contributed by atoms with Gasteiger partial charge in [-0.3, -0.25) is 0 Å². The van der Waals surface area contributed by atoms with Crippen molar-refractivity contribution in [1.29, 1.82) is 0 Å². The zero-order valence-corrected chi connectivity index (χ0v) is 4.78. The van der Waals surface area contributed by atoms with Crippen molar-refractivity contribution in [3.63, 3.8) is 0 Å². The monoisotopic (exact) mass is 98.1 g/mol. The molecule has 1 fully saturated rings. The van der Waals surface area contributed by atoms with Crippen molar-refractivity contribution in [1.82, 2.24) is 0 Å². The maximum atomic E-state index is 8.66. The third-order valence-corrected chi connectivity index (χ3v) is 2.04. The second kappa shape index (κ2) is 1.51. The molecular formula is C5H11BO. The Bertz CT molecular complexity index is 62.5. The summed E-state index contributed by atoms with van der Waals surface area (Å²) in [5.74, 6) is 0. The van der Waals surface area contributed by atoms with E-state index in [1.165, 1.54) is 12.8 Å². The van der Waals surface area contributed by atoms with Crippen molar-refractivity contribution in [2.45, 2.75) is 19.2 Å². The van der Waals surface area contributed by atoms with Crippen molar-refractivity contribution >= 4 is 7.85 Å².